The molecule has 2 aromatic rings. The lowest BCUT2D eigenvalue weighted by Crippen LogP contribution is -2.12. The zero-order valence-corrected chi connectivity index (χ0v) is 11.8. The van der Waals surface area contributed by atoms with E-state index in [1.807, 2.05) is 35.7 Å². The van der Waals surface area contributed by atoms with Crippen molar-refractivity contribution >= 4 is 22.9 Å². The van der Waals surface area contributed by atoms with Gasteiger partial charge in [0, 0.05) is 16.7 Å². The average Bonchev–Trinajstić information content (AvgIpc) is 2.78. The molecule has 0 fully saturated rings. The summed E-state index contributed by atoms with van der Waals surface area (Å²) < 4.78 is 5.98. The molecule has 0 saturated carbocycles. The molecular formula is C14H16ClNOS. The number of ether oxygens (including phenoxy) is 1. The number of hydrogen-bond acceptors (Lipinski definition) is 3. The van der Waals surface area contributed by atoms with Crippen LogP contribution in [0.2, 0.25) is 5.02 Å². The summed E-state index contributed by atoms with van der Waals surface area (Å²) in [4.78, 5) is 1.12. The third-order valence-corrected chi connectivity index (χ3v) is 4.01. The van der Waals surface area contributed by atoms with E-state index in [9.17, 15) is 0 Å². The predicted octanol–water partition coefficient (Wildman–Crippen LogP) is 4.18. The van der Waals surface area contributed by atoms with Crippen molar-refractivity contribution in [1.82, 2.24) is 0 Å². The smallest absolute Gasteiger partial charge is 0.134 e. The minimum atomic E-state index is -0.0183. The van der Waals surface area contributed by atoms with Gasteiger partial charge in [0.05, 0.1) is 5.02 Å². The molecule has 0 spiro atoms. The van der Waals surface area contributed by atoms with Gasteiger partial charge in [0.15, 0.2) is 0 Å². The molecule has 0 aliphatic rings. The van der Waals surface area contributed by atoms with Crippen LogP contribution >= 0.6 is 22.9 Å². The lowest BCUT2D eigenvalue weighted by Gasteiger charge is -2.17. The number of nitrogens with two attached hydrogens (primary N) is 1. The van der Waals surface area contributed by atoms with Crippen molar-refractivity contribution in [3.8, 4) is 5.75 Å². The van der Waals surface area contributed by atoms with Gasteiger partial charge in [-0.1, -0.05) is 29.3 Å². The summed E-state index contributed by atoms with van der Waals surface area (Å²) in [6, 6.07) is 9.98. The number of thiophene rings is 1. The molecule has 0 saturated heterocycles. The first-order valence-electron chi connectivity index (χ1n) is 5.86. The highest BCUT2D eigenvalue weighted by Crippen LogP contribution is 2.31. The highest BCUT2D eigenvalue weighted by molar-refractivity contribution is 7.10. The van der Waals surface area contributed by atoms with Crippen molar-refractivity contribution in [3.63, 3.8) is 0 Å². The Labute approximate surface area is 116 Å². The minimum absolute atomic E-state index is 0.0183. The second-order valence-corrected chi connectivity index (χ2v) is 5.54. The summed E-state index contributed by atoms with van der Waals surface area (Å²) in [5.41, 5.74) is 6.86. The summed E-state index contributed by atoms with van der Waals surface area (Å²) in [7, 11) is 0. The molecule has 1 unspecified atom stereocenters. The molecule has 1 aromatic heterocycles. The Hall–Kier alpha value is -1.03. The van der Waals surface area contributed by atoms with Crippen LogP contribution in [0.1, 0.15) is 23.0 Å². The van der Waals surface area contributed by atoms with E-state index in [2.05, 4.69) is 6.92 Å². The van der Waals surface area contributed by atoms with Crippen molar-refractivity contribution < 1.29 is 4.74 Å². The number of halogens is 1. The molecule has 1 aromatic carbocycles. The van der Waals surface area contributed by atoms with E-state index < -0.39 is 0 Å². The minimum Gasteiger partial charge on any atom is -0.485 e. The van der Waals surface area contributed by atoms with Gasteiger partial charge in [-0.05, 0) is 31.7 Å². The average molecular weight is 282 g/mol. The monoisotopic (exact) mass is 281 g/mol. The maximum atomic E-state index is 5.98. The SMILES string of the molecule is Cc1ccc(OC(CCN)c2cc(Cl)cs2)cc1. The molecule has 1 heterocycles. The molecule has 18 heavy (non-hydrogen) atoms. The quantitative estimate of drug-likeness (QED) is 0.892. The van der Waals surface area contributed by atoms with Crippen LogP contribution in [0, 0.1) is 6.92 Å². The first-order chi connectivity index (χ1) is 8.69. The normalized spacial score (nSPS) is 12.4. The second-order valence-electron chi connectivity index (χ2n) is 4.16. The lowest BCUT2D eigenvalue weighted by molar-refractivity contribution is 0.201. The topological polar surface area (TPSA) is 35.2 Å². The molecule has 0 aliphatic heterocycles. The molecule has 96 valence electrons. The van der Waals surface area contributed by atoms with E-state index in [0.29, 0.717) is 6.54 Å². The molecule has 2 rings (SSSR count). The van der Waals surface area contributed by atoms with E-state index in [-0.39, 0.29) is 6.10 Å². The Morgan fingerprint density at radius 2 is 2.06 bits per heavy atom. The highest BCUT2D eigenvalue weighted by Gasteiger charge is 2.14. The Morgan fingerprint density at radius 3 is 2.61 bits per heavy atom. The van der Waals surface area contributed by atoms with Gasteiger partial charge in [0.25, 0.3) is 0 Å². The van der Waals surface area contributed by atoms with Gasteiger partial charge in [-0.15, -0.1) is 11.3 Å². The van der Waals surface area contributed by atoms with Crippen molar-refractivity contribution in [2.45, 2.75) is 19.4 Å². The largest absolute Gasteiger partial charge is 0.485 e. The molecular weight excluding hydrogens is 266 g/mol. The van der Waals surface area contributed by atoms with Crippen molar-refractivity contribution in [2.75, 3.05) is 6.54 Å². The van der Waals surface area contributed by atoms with Gasteiger partial charge in [0.1, 0.15) is 11.9 Å². The number of rotatable bonds is 5. The van der Waals surface area contributed by atoms with Crippen LogP contribution < -0.4 is 10.5 Å². The van der Waals surface area contributed by atoms with E-state index >= 15 is 0 Å². The van der Waals surface area contributed by atoms with Gasteiger partial charge in [-0.3, -0.25) is 0 Å². The van der Waals surface area contributed by atoms with Gasteiger partial charge in [-0.25, -0.2) is 0 Å². The maximum absolute atomic E-state index is 5.98. The molecule has 1 atom stereocenters. The molecule has 0 radical (unpaired) electrons. The van der Waals surface area contributed by atoms with Crippen molar-refractivity contribution in [3.05, 3.63) is 51.2 Å². The summed E-state index contributed by atoms with van der Waals surface area (Å²) in [5.74, 6) is 0.864. The number of hydrogen-bond donors (Lipinski definition) is 1. The molecule has 0 bridgehead atoms. The molecule has 2 nitrogen and oxygen atoms in total. The summed E-state index contributed by atoms with van der Waals surface area (Å²) in [6.07, 6.45) is 0.764. The van der Waals surface area contributed by atoms with E-state index in [0.717, 1.165) is 22.1 Å². The Kier molecular flexibility index (Phi) is 4.64. The second kappa shape index (κ2) is 6.23. The molecule has 0 amide bonds. The van der Waals surface area contributed by atoms with Crippen LogP contribution in [0.4, 0.5) is 0 Å². The Balaban J connectivity index is 2.13. The molecule has 0 aliphatic carbocycles. The number of benzene rings is 1. The maximum Gasteiger partial charge on any atom is 0.134 e. The van der Waals surface area contributed by atoms with Crippen molar-refractivity contribution in [1.29, 1.82) is 0 Å². The zero-order chi connectivity index (χ0) is 13.0. The standard InChI is InChI=1S/C14H16ClNOS/c1-10-2-4-12(5-3-10)17-13(6-7-16)14-8-11(15)9-18-14/h2-5,8-9,13H,6-7,16H2,1H3. The first-order valence-corrected chi connectivity index (χ1v) is 7.12. The van der Waals surface area contributed by atoms with Crippen LogP contribution in [0.15, 0.2) is 35.7 Å². The fraction of sp³-hybridized carbons (Fsp3) is 0.286. The van der Waals surface area contributed by atoms with Crippen LogP contribution in [-0.4, -0.2) is 6.54 Å². The van der Waals surface area contributed by atoms with Gasteiger partial charge < -0.3 is 10.5 Å². The van der Waals surface area contributed by atoms with Crippen molar-refractivity contribution in [2.24, 2.45) is 5.73 Å². The molecule has 4 heteroatoms. The zero-order valence-electron chi connectivity index (χ0n) is 10.2. The fourth-order valence-corrected chi connectivity index (χ4v) is 2.83. The van der Waals surface area contributed by atoms with Gasteiger partial charge in [0.2, 0.25) is 0 Å². The van der Waals surface area contributed by atoms with Crippen LogP contribution in [0.3, 0.4) is 0 Å². The Morgan fingerprint density at radius 1 is 1.33 bits per heavy atom. The lowest BCUT2D eigenvalue weighted by atomic mass is 10.2. The predicted molar refractivity (Wildman–Crippen MR) is 77.5 cm³/mol. The van der Waals surface area contributed by atoms with E-state index in [1.54, 1.807) is 11.3 Å². The summed E-state index contributed by atoms with van der Waals surface area (Å²) >= 11 is 7.56. The molecule has 2 N–H and O–H groups in total. The van der Waals surface area contributed by atoms with Crippen LogP contribution in [0.25, 0.3) is 0 Å². The van der Waals surface area contributed by atoms with Crippen LogP contribution in [0.5, 0.6) is 5.75 Å². The van der Waals surface area contributed by atoms with Gasteiger partial charge >= 0.3 is 0 Å². The third kappa shape index (κ3) is 3.48. The first kappa shape index (κ1) is 13.4. The highest BCUT2D eigenvalue weighted by atomic mass is 35.5. The van der Waals surface area contributed by atoms with Crippen LogP contribution in [-0.2, 0) is 0 Å². The summed E-state index contributed by atoms with van der Waals surface area (Å²) in [6.45, 7) is 2.65. The fourth-order valence-electron chi connectivity index (χ4n) is 1.69. The third-order valence-electron chi connectivity index (χ3n) is 2.63. The summed E-state index contributed by atoms with van der Waals surface area (Å²) in [5, 5.41) is 2.67. The Bertz CT molecular complexity index is 495. The number of aryl methyl sites for hydroxylation is 1. The van der Waals surface area contributed by atoms with E-state index in [1.165, 1.54) is 5.56 Å². The van der Waals surface area contributed by atoms with E-state index in [4.69, 9.17) is 22.1 Å². The van der Waals surface area contributed by atoms with Gasteiger partial charge in [-0.2, -0.15) is 0 Å².